The van der Waals surface area contributed by atoms with Crippen LogP contribution in [0, 0.1) is 5.41 Å². The van der Waals surface area contributed by atoms with Gasteiger partial charge in [0.05, 0.1) is 19.2 Å². The second kappa shape index (κ2) is 9.87. The molecular formula is C19H22N8O5S3. The number of nitrogens with one attached hydrogen (secondary N) is 1. The molecule has 3 atom stereocenters. The van der Waals surface area contributed by atoms with E-state index in [4.69, 9.17) is 16.3 Å². The van der Waals surface area contributed by atoms with Crippen molar-refractivity contribution in [1.29, 1.82) is 0 Å². The van der Waals surface area contributed by atoms with Crippen molar-refractivity contribution in [3.63, 3.8) is 0 Å². The van der Waals surface area contributed by atoms with Gasteiger partial charge in [0.15, 0.2) is 10.8 Å². The normalized spacial score (nSPS) is 23.9. The van der Waals surface area contributed by atoms with Gasteiger partial charge in [-0.2, -0.15) is 0 Å². The molecule has 2 aromatic rings. The van der Waals surface area contributed by atoms with Gasteiger partial charge in [0.1, 0.15) is 24.2 Å². The minimum Gasteiger partial charge on any atom is -0.549 e. The van der Waals surface area contributed by atoms with Crippen LogP contribution in [0.3, 0.4) is 0 Å². The molecule has 2 saturated heterocycles. The van der Waals surface area contributed by atoms with E-state index in [1.165, 1.54) is 35.5 Å². The van der Waals surface area contributed by atoms with Crippen LogP contribution in [-0.4, -0.2) is 74.9 Å². The Kier molecular flexibility index (Phi) is 7.05. The highest BCUT2D eigenvalue weighted by atomic mass is 32.2. The molecule has 0 radical (unpaired) electrons. The van der Waals surface area contributed by atoms with Crippen molar-refractivity contribution >= 4 is 69.3 Å². The number of carbonyl (C=O) groups excluding carboxylic acids is 3. The fraction of sp³-hybridized carbons (Fsp3) is 0.421. The van der Waals surface area contributed by atoms with Crippen molar-refractivity contribution in [1.82, 2.24) is 20.2 Å². The molecular weight excluding hydrogens is 516 g/mol. The number of nitrogens with two attached hydrogens (primary N) is 2. The average molecular weight is 539 g/mol. The topological polar surface area (TPSA) is 193 Å². The zero-order valence-corrected chi connectivity index (χ0v) is 21.1. The van der Waals surface area contributed by atoms with Gasteiger partial charge in [-0.1, -0.05) is 5.16 Å². The number of oxime groups is 1. The van der Waals surface area contributed by atoms with Gasteiger partial charge in [-0.05, 0) is 16.7 Å². The summed E-state index contributed by atoms with van der Waals surface area (Å²) in [5.74, 6) is -1.65. The second-order valence-corrected chi connectivity index (χ2v) is 10.9. The molecule has 35 heavy (non-hydrogen) atoms. The molecule has 0 bridgehead atoms. The Morgan fingerprint density at radius 1 is 1.46 bits per heavy atom. The maximum Gasteiger partial charge on any atom is 0.361 e. The molecule has 5 N–H and O–H groups in total. The number of amides is 2. The summed E-state index contributed by atoms with van der Waals surface area (Å²) >= 11 is 3.63. The third-order valence-electron chi connectivity index (χ3n) is 5.50. The van der Waals surface area contributed by atoms with E-state index >= 15 is 0 Å². The number of β-lactam (4-membered cyclic amide) rings is 1. The number of nitrogens with zero attached hydrogens (tertiary/aromatic N) is 5. The molecule has 0 aliphatic carbocycles. The number of hydrogen-bond acceptors (Lipinski definition) is 13. The number of hydrogen-bond donors (Lipinski definition) is 3. The van der Waals surface area contributed by atoms with Gasteiger partial charge in [0, 0.05) is 34.9 Å². The Labute approximate surface area is 212 Å². The van der Waals surface area contributed by atoms with Gasteiger partial charge in [-0.15, -0.1) is 23.1 Å². The molecule has 2 unspecified atom stereocenters. The molecule has 2 amide bonds. The number of aryl methyl sites for hydroxylation is 1. The highest BCUT2D eigenvalue weighted by molar-refractivity contribution is 8.00. The van der Waals surface area contributed by atoms with E-state index in [1.54, 1.807) is 29.3 Å². The maximum absolute atomic E-state index is 12.9. The first-order chi connectivity index (χ1) is 16.6. The number of fused-ring (bicyclic) bond motifs is 1. The molecule has 2 aliphatic heterocycles. The van der Waals surface area contributed by atoms with Gasteiger partial charge < -0.3 is 36.4 Å². The fourth-order valence-corrected chi connectivity index (χ4v) is 6.98. The van der Waals surface area contributed by atoms with Gasteiger partial charge in [0.2, 0.25) is 11.7 Å². The summed E-state index contributed by atoms with van der Waals surface area (Å²) in [5, 5.41) is 20.5. The van der Waals surface area contributed by atoms with Gasteiger partial charge in [-0.3, -0.25) is 9.59 Å². The van der Waals surface area contributed by atoms with Crippen LogP contribution < -0.4 is 26.5 Å². The van der Waals surface area contributed by atoms with Crippen LogP contribution in [0.1, 0.15) is 5.69 Å². The minimum absolute atomic E-state index is 0.0428. The van der Waals surface area contributed by atoms with E-state index in [-0.39, 0.29) is 34.6 Å². The Morgan fingerprint density at radius 2 is 2.23 bits per heavy atom. The number of aromatic nitrogens is 3. The predicted molar refractivity (Wildman–Crippen MR) is 128 cm³/mol. The average Bonchev–Trinajstić information content (AvgIpc) is 3.26. The summed E-state index contributed by atoms with van der Waals surface area (Å²) in [6.45, 7) is -0.0428. The highest BCUT2D eigenvalue weighted by Crippen LogP contribution is 2.43. The molecule has 2 fully saturated rings. The summed E-state index contributed by atoms with van der Waals surface area (Å²) in [6, 6.07) is 0.796. The van der Waals surface area contributed by atoms with Crippen LogP contribution in [0.4, 0.5) is 10.9 Å². The van der Waals surface area contributed by atoms with Crippen LogP contribution in [0.15, 0.2) is 28.0 Å². The molecule has 2 aliphatic rings. The summed E-state index contributed by atoms with van der Waals surface area (Å²) in [7, 11) is 3.06. The lowest BCUT2D eigenvalue weighted by molar-refractivity contribution is -0.713. The van der Waals surface area contributed by atoms with Crippen LogP contribution in [0.2, 0.25) is 0 Å². The Bertz CT molecular complexity index is 1210. The van der Waals surface area contributed by atoms with Crippen molar-refractivity contribution in [2.75, 3.05) is 36.6 Å². The number of anilines is 2. The number of carboxylic acid groups (broad SMARTS) is 1. The van der Waals surface area contributed by atoms with Crippen LogP contribution in [0.5, 0.6) is 0 Å². The van der Waals surface area contributed by atoms with E-state index in [2.05, 4.69) is 20.4 Å². The fourth-order valence-electron chi connectivity index (χ4n) is 3.61. The number of thiazole rings is 1. The highest BCUT2D eigenvalue weighted by Gasteiger charge is 2.56. The number of carboxylic acids is 1. The molecule has 186 valence electrons. The SMILES string of the molecule is CON=C(C(=O)NC1C(=O)N2CC(CSc3nc(N)cc[n+]3C)(C(=O)[O-])CS[C@H]12)c1csc(N)n1. The molecule has 13 nitrogen and oxygen atoms in total. The number of aliphatic carboxylic acids is 1. The smallest absolute Gasteiger partial charge is 0.361 e. The summed E-state index contributed by atoms with van der Waals surface area (Å²) in [4.78, 5) is 52.3. The van der Waals surface area contributed by atoms with Crippen LogP contribution in [-0.2, 0) is 26.3 Å². The van der Waals surface area contributed by atoms with E-state index < -0.39 is 34.6 Å². The molecule has 4 heterocycles. The maximum atomic E-state index is 12.9. The predicted octanol–water partition coefficient (Wildman–Crippen LogP) is -2.19. The lowest BCUT2D eigenvalue weighted by Crippen LogP contribution is -2.75. The first kappa shape index (κ1) is 25.0. The number of nitrogen functional groups attached to an aromatic ring is 2. The lowest BCUT2D eigenvalue weighted by atomic mass is 9.89. The van der Waals surface area contributed by atoms with E-state index in [0.29, 0.717) is 11.0 Å². The van der Waals surface area contributed by atoms with Crippen molar-refractivity contribution in [3.8, 4) is 0 Å². The molecule has 4 rings (SSSR count). The summed E-state index contributed by atoms with van der Waals surface area (Å²) in [6.07, 6.45) is 1.73. The molecule has 16 heteroatoms. The number of carbonyl (C=O) groups is 3. The zero-order chi connectivity index (χ0) is 25.3. The molecule has 0 aromatic carbocycles. The van der Waals surface area contributed by atoms with Gasteiger partial charge in [0.25, 0.3) is 5.91 Å². The largest absolute Gasteiger partial charge is 0.549 e. The van der Waals surface area contributed by atoms with Crippen molar-refractivity contribution in [2.45, 2.75) is 16.6 Å². The monoisotopic (exact) mass is 538 g/mol. The first-order valence-electron chi connectivity index (χ1n) is 10.2. The van der Waals surface area contributed by atoms with Gasteiger partial charge in [-0.25, -0.2) is 9.55 Å². The van der Waals surface area contributed by atoms with Gasteiger partial charge >= 0.3 is 5.16 Å². The van der Waals surface area contributed by atoms with E-state index in [1.807, 2.05) is 0 Å². The summed E-state index contributed by atoms with van der Waals surface area (Å²) in [5.41, 5.74) is 10.2. The van der Waals surface area contributed by atoms with Crippen LogP contribution in [0.25, 0.3) is 0 Å². The zero-order valence-electron chi connectivity index (χ0n) is 18.7. The molecule has 0 spiro atoms. The summed E-state index contributed by atoms with van der Waals surface area (Å²) < 4.78 is 1.73. The third kappa shape index (κ3) is 4.85. The van der Waals surface area contributed by atoms with E-state index in [0.717, 1.165) is 11.3 Å². The minimum atomic E-state index is -1.30. The van der Waals surface area contributed by atoms with Crippen LogP contribution >= 0.6 is 34.9 Å². The Balaban J connectivity index is 1.44. The van der Waals surface area contributed by atoms with Crippen molar-refractivity contribution in [2.24, 2.45) is 17.6 Å². The second-order valence-electron chi connectivity index (χ2n) is 7.91. The number of rotatable bonds is 8. The third-order valence-corrected chi connectivity index (χ3v) is 9.10. The standard InChI is InChI=1S/C19H22N8O5S3/c1-26-4-3-10(20)23-18(26)35-8-19(16(30)31)6-27-14(29)12(15(27)34-7-19)24-13(28)11(25-32-2)9-5-33-17(21)22-9/h3-5,12,15,20H,6-8H2,1-2H3,(H4,21,22,24,28,30,31)/t12?,15-,19?/m1/s1. The Hall–Kier alpha value is -3.11. The first-order valence-corrected chi connectivity index (χ1v) is 13.1. The van der Waals surface area contributed by atoms with Crippen molar-refractivity contribution < 1.29 is 28.9 Å². The van der Waals surface area contributed by atoms with E-state index in [9.17, 15) is 19.5 Å². The quantitative estimate of drug-likeness (QED) is 0.0825. The lowest BCUT2D eigenvalue weighted by Gasteiger charge is -2.55. The number of thioether (sulfide) groups is 2. The van der Waals surface area contributed by atoms with Crippen molar-refractivity contribution in [3.05, 3.63) is 23.3 Å². The Morgan fingerprint density at radius 3 is 2.89 bits per heavy atom. The molecule has 0 saturated carbocycles. The molecule has 2 aromatic heterocycles.